The standard InChI is InChI=1S/C15H23BrN4O2/c1-15(2,3)22-14(21)20-12-6-4-11(5-7-12)19-13-17-8-10(16)9-18-13/h8-9,11-12H,4-7H2,1-3H3,(H,20,21)(H,17,18,19). The highest BCUT2D eigenvalue weighted by molar-refractivity contribution is 9.10. The summed E-state index contributed by atoms with van der Waals surface area (Å²) in [7, 11) is 0. The van der Waals surface area contributed by atoms with Crippen molar-refractivity contribution in [2.24, 2.45) is 0 Å². The Balaban J connectivity index is 1.73. The molecule has 0 saturated heterocycles. The molecule has 7 heteroatoms. The molecule has 2 rings (SSSR count). The minimum absolute atomic E-state index is 0.179. The molecule has 1 amide bonds. The van der Waals surface area contributed by atoms with Crippen LogP contribution in [0.4, 0.5) is 10.7 Å². The van der Waals surface area contributed by atoms with Crippen molar-refractivity contribution in [3.63, 3.8) is 0 Å². The van der Waals surface area contributed by atoms with Crippen LogP contribution in [0.1, 0.15) is 46.5 Å². The van der Waals surface area contributed by atoms with Crippen molar-refractivity contribution in [1.82, 2.24) is 15.3 Å². The molecule has 1 heterocycles. The third-order valence-corrected chi connectivity index (χ3v) is 3.81. The van der Waals surface area contributed by atoms with Crippen LogP contribution in [0.5, 0.6) is 0 Å². The molecule has 1 fully saturated rings. The number of nitrogens with one attached hydrogen (secondary N) is 2. The third kappa shape index (κ3) is 5.79. The van der Waals surface area contributed by atoms with Crippen LogP contribution in [-0.2, 0) is 4.74 Å². The van der Waals surface area contributed by atoms with Gasteiger partial charge in [0.05, 0.1) is 4.47 Å². The summed E-state index contributed by atoms with van der Waals surface area (Å²) in [6, 6.07) is 0.525. The number of alkyl carbamates (subject to hydrolysis) is 1. The van der Waals surface area contributed by atoms with Crippen molar-refractivity contribution >= 4 is 28.0 Å². The zero-order chi connectivity index (χ0) is 16.2. The van der Waals surface area contributed by atoms with Gasteiger partial charge in [-0.05, 0) is 62.4 Å². The van der Waals surface area contributed by atoms with Crippen molar-refractivity contribution in [3.05, 3.63) is 16.9 Å². The van der Waals surface area contributed by atoms with Crippen molar-refractivity contribution < 1.29 is 9.53 Å². The van der Waals surface area contributed by atoms with Gasteiger partial charge in [-0.2, -0.15) is 0 Å². The van der Waals surface area contributed by atoms with Gasteiger partial charge in [-0.15, -0.1) is 0 Å². The lowest BCUT2D eigenvalue weighted by molar-refractivity contribution is 0.0492. The molecule has 1 aliphatic rings. The van der Waals surface area contributed by atoms with Gasteiger partial charge in [0.15, 0.2) is 0 Å². The first-order chi connectivity index (χ1) is 10.3. The Morgan fingerprint density at radius 1 is 1.18 bits per heavy atom. The summed E-state index contributed by atoms with van der Waals surface area (Å²) < 4.78 is 6.15. The Kier molecular flexibility index (Phi) is 5.61. The smallest absolute Gasteiger partial charge is 0.407 e. The summed E-state index contributed by atoms with van der Waals surface area (Å²) >= 11 is 3.32. The van der Waals surface area contributed by atoms with Crippen molar-refractivity contribution in [3.8, 4) is 0 Å². The monoisotopic (exact) mass is 370 g/mol. The van der Waals surface area contributed by atoms with Crippen LogP contribution in [0.3, 0.4) is 0 Å². The number of aromatic nitrogens is 2. The molecule has 0 bridgehead atoms. The van der Waals surface area contributed by atoms with Crippen LogP contribution in [0.25, 0.3) is 0 Å². The van der Waals surface area contributed by atoms with Crippen LogP contribution in [0, 0.1) is 0 Å². The number of carbonyl (C=O) groups is 1. The number of hydrogen-bond acceptors (Lipinski definition) is 5. The van der Waals surface area contributed by atoms with Gasteiger partial charge in [0, 0.05) is 24.5 Å². The molecule has 0 atom stereocenters. The van der Waals surface area contributed by atoms with Gasteiger partial charge in [0.25, 0.3) is 0 Å². The Labute approximate surface area is 139 Å². The van der Waals surface area contributed by atoms with Crippen LogP contribution in [0.15, 0.2) is 16.9 Å². The SMILES string of the molecule is CC(C)(C)OC(=O)NC1CCC(Nc2ncc(Br)cn2)CC1. The molecular formula is C15H23BrN4O2. The predicted octanol–water partition coefficient (Wildman–Crippen LogP) is 3.49. The van der Waals surface area contributed by atoms with Gasteiger partial charge >= 0.3 is 6.09 Å². The third-order valence-electron chi connectivity index (χ3n) is 3.40. The molecule has 0 unspecified atom stereocenters. The first-order valence-corrected chi connectivity index (χ1v) is 8.35. The van der Waals surface area contributed by atoms with E-state index in [0.29, 0.717) is 12.0 Å². The lowest BCUT2D eigenvalue weighted by Gasteiger charge is -2.30. The molecule has 122 valence electrons. The number of carbonyl (C=O) groups excluding carboxylic acids is 1. The van der Waals surface area contributed by atoms with E-state index in [1.165, 1.54) is 0 Å². The summed E-state index contributed by atoms with van der Waals surface area (Å²) in [5.74, 6) is 0.645. The molecule has 1 aliphatic carbocycles. The Morgan fingerprint density at radius 3 is 2.27 bits per heavy atom. The van der Waals surface area contributed by atoms with E-state index in [2.05, 4.69) is 36.5 Å². The van der Waals surface area contributed by atoms with Gasteiger partial charge < -0.3 is 15.4 Å². The Hall–Kier alpha value is -1.37. The highest BCUT2D eigenvalue weighted by atomic mass is 79.9. The molecule has 22 heavy (non-hydrogen) atoms. The highest BCUT2D eigenvalue weighted by Crippen LogP contribution is 2.21. The van der Waals surface area contributed by atoms with Crippen LogP contribution >= 0.6 is 15.9 Å². The first-order valence-electron chi connectivity index (χ1n) is 7.55. The van der Waals surface area contributed by atoms with Gasteiger partial charge in [0.2, 0.25) is 5.95 Å². The maximum absolute atomic E-state index is 11.8. The number of nitrogens with zero attached hydrogens (tertiary/aromatic N) is 2. The zero-order valence-electron chi connectivity index (χ0n) is 13.2. The topological polar surface area (TPSA) is 76.1 Å². The quantitative estimate of drug-likeness (QED) is 0.851. The van der Waals surface area contributed by atoms with E-state index in [1.54, 1.807) is 12.4 Å². The fraction of sp³-hybridized carbons (Fsp3) is 0.667. The van der Waals surface area contributed by atoms with E-state index in [1.807, 2.05) is 20.8 Å². The number of halogens is 1. The maximum Gasteiger partial charge on any atom is 0.407 e. The molecule has 6 nitrogen and oxygen atoms in total. The number of anilines is 1. The van der Waals surface area contributed by atoms with Gasteiger partial charge in [0.1, 0.15) is 5.60 Å². The molecule has 1 saturated carbocycles. The Bertz CT molecular complexity index is 493. The summed E-state index contributed by atoms with van der Waals surface area (Å²) in [6.07, 6.45) is 6.91. The molecule has 1 aromatic heterocycles. The van der Waals surface area contributed by atoms with E-state index in [-0.39, 0.29) is 12.1 Å². The second kappa shape index (κ2) is 7.26. The van der Waals surface area contributed by atoms with Crippen molar-refractivity contribution in [1.29, 1.82) is 0 Å². The minimum atomic E-state index is -0.457. The number of ether oxygens (including phenoxy) is 1. The molecule has 0 radical (unpaired) electrons. The van der Waals surface area contributed by atoms with E-state index in [9.17, 15) is 4.79 Å². The summed E-state index contributed by atoms with van der Waals surface area (Å²) in [5, 5.41) is 6.27. The maximum atomic E-state index is 11.8. The molecule has 0 aliphatic heterocycles. The molecule has 1 aromatic rings. The fourth-order valence-corrected chi connectivity index (χ4v) is 2.63. The van der Waals surface area contributed by atoms with Crippen molar-refractivity contribution in [2.75, 3.05) is 5.32 Å². The number of rotatable bonds is 3. The van der Waals surface area contributed by atoms with E-state index >= 15 is 0 Å². The number of amides is 1. The summed E-state index contributed by atoms with van der Waals surface area (Å²) in [5.41, 5.74) is -0.457. The second-order valence-corrected chi connectivity index (χ2v) is 7.48. The summed E-state index contributed by atoms with van der Waals surface area (Å²) in [4.78, 5) is 20.2. The van der Waals surface area contributed by atoms with Crippen LogP contribution < -0.4 is 10.6 Å². The van der Waals surface area contributed by atoms with E-state index in [4.69, 9.17) is 4.74 Å². The van der Waals surface area contributed by atoms with Gasteiger partial charge in [-0.3, -0.25) is 0 Å². The number of hydrogen-bond donors (Lipinski definition) is 2. The lowest BCUT2D eigenvalue weighted by atomic mass is 9.91. The minimum Gasteiger partial charge on any atom is -0.444 e. The first kappa shape index (κ1) is 17.0. The van der Waals surface area contributed by atoms with Crippen LogP contribution in [-0.4, -0.2) is 33.7 Å². The predicted molar refractivity (Wildman–Crippen MR) is 88.8 cm³/mol. The molecule has 0 spiro atoms. The van der Waals surface area contributed by atoms with Gasteiger partial charge in [-0.25, -0.2) is 14.8 Å². The molecule has 2 N–H and O–H groups in total. The average molecular weight is 371 g/mol. The molecule has 0 aromatic carbocycles. The Morgan fingerprint density at radius 2 is 1.73 bits per heavy atom. The zero-order valence-corrected chi connectivity index (χ0v) is 14.8. The average Bonchev–Trinajstić information content (AvgIpc) is 2.41. The summed E-state index contributed by atoms with van der Waals surface area (Å²) in [6.45, 7) is 5.60. The molecular weight excluding hydrogens is 348 g/mol. The normalized spacial score (nSPS) is 22.0. The van der Waals surface area contributed by atoms with E-state index < -0.39 is 5.60 Å². The second-order valence-electron chi connectivity index (χ2n) is 6.56. The van der Waals surface area contributed by atoms with Gasteiger partial charge in [-0.1, -0.05) is 0 Å². The van der Waals surface area contributed by atoms with E-state index in [0.717, 1.165) is 30.2 Å². The lowest BCUT2D eigenvalue weighted by Crippen LogP contribution is -2.42. The van der Waals surface area contributed by atoms with Crippen molar-refractivity contribution in [2.45, 2.75) is 64.1 Å². The fourth-order valence-electron chi connectivity index (χ4n) is 2.43. The highest BCUT2D eigenvalue weighted by Gasteiger charge is 2.25. The largest absolute Gasteiger partial charge is 0.444 e. The van der Waals surface area contributed by atoms with Crippen LogP contribution in [0.2, 0.25) is 0 Å².